The molecule has 2 aromatic rings. The standard InChI is InChI=1S/C13H15FN4O2S/c1-8(2)20-11(19)7-21-13-17-16-12(18(13)15)9-5-3-4-6-10(9)14/h3-6,8H,7,15H2,1-2H3. The Morgan fingerprint density at radius 1 is 1.43 bits per heavy atom. The van der Waals surface area contributed by atoms with Crippen molar-refractivity contribution in [1.29, 1.82) is 0 Å². The molecule has 2 N–H and O–H groups in total. The number of aromatic nitrogens is 3. The van der Waals surface area contributed by atoms with E-state index in [1.165, 1.54) is 6.07 Å². The van der Waals surface area contributed by atoms with Crippen molar-refractivity contribution in [2.45, 2.75) is 25.1 Å². The molecule has 8 heteroatoms. The first-order chi connectivity index (χ1) is 9.99. The molecule has 112 valence electrons. The van der Waals surface area contributed by atoms with Crippen LogP contribution < -0.4 is 5.84 Å². The lowest BCUT2D eigenvalue weighted by Crippen LogP contribution is -2.15. The van der Waals surface area contributed by atoms with Crippen molar-refractivity contribution in [2.24, 2.45) is 0 Å². The topological polar surface area (TPSA) is 83.0 Å². The smallest absolute Gasteiger partial charge is 0.316 e. The monoisotopic (exact) mass is 310 g/mol. The highest BCUT2D eigenvalue weighted by Gasteiger charge is 2.16. The van der Waals surface area contributed by atoms with Crippen molar-refractivity contribution in [2.75, 3.05) is 11.6 Å². The van der Waals surface area contributed by atoms with Crippen molar-refractivity contribution < 1.29 is 13.9 Å². The average Bonchev–Trinajstić information content (AvgIpc) is 2.77. The Kier molecular flexibility index (Phi) is 4.79. The second-order valence-electron chi connectivity index (χ2n) is 4.48. The number of benzene rings is 1. The molecule has 0 aliphatic rings. The summed E-state index contributed by atoms with van der Waals surface area (Å²) < 4.78 is 19.9. The number of carbonyl (C=O) groups is 1. The van der Waals surface area contributed by atoms with E-state index in [2.05, 4.69) is 10.2 Å². The number of thioether (sulfide) groups is 1. The summed E-state index contributed by atoms with van der Waals surface area (Å²) in [5, 5.41) is 8.04. The summed E-state index contributed by atoms with van der Waals surface area (Å²) in [6, 6.07) is 6.13. The molecule has 0 amide bonds. The van der Waals surface area contributed by atoms with E-state index in [0.29, 0.717) is 5.16 Å². The molecular weight excluding hydrogens is 295 g/mol. The van der Waals surface area contributed by atoms with Crippen molar-refractivity contribution in [3.8, 4) is 11.4 Å². The van der Waals surface area contributed by atoms with E-state index in [4.69, 9.17) is 10.6 Å². The number of hydrogen-bond acceptors (Lipinski definition) is 6. The van der Waals surface area contributed by atoms with Crippen LogP contribution in [0, 0.1) is 5.82 Å². The molecule has 0 saturated heterocycles. The lowest BCUT2D eigenvalue weighted by atomic mass is 10.2. The van der Waals surface area contributed by atoms with Gasteiger partial charge in [-0.25, -0.2) is 9.07 Å². The number of carbonyl (C=O) groups excluding carboxylic acids is 1. The average molecular weight is 310 g/mol. The van der Waals surface area contributed by atoms with Crippen LogP contribution in [0.2, 0.25) is 0 Å². The molecule has 0 fully saturated rings. The summed E-state index contributed by atoms with van der Waals surface area (Å²) >= 11 is 1.09. The van der Waals surface area contributed by atoms with Gasteiger partial charge in [-0.2, -0.15) is 0 Å². The van der Waals surface area contributed by atoms with Crippen molar-refractivity contribution in [1.82, 2.24) is 14.9 Å². The number of nitrogens with two attached hydrogens (primary N) is 1. The molecule has 0 unspecified atom stereocenters. The maximum atomic E-state index is 13.7. The fraction of sp³-hybridized carbons (Fsp3) is 0.308. The molecule has 2 rings (SSSR count). The van der Waals surface area contributed by atoms with E-state index in [1.807, 2.05) is 0 Å². The summed E-state index contributed by atoms with van der Waals surface area (Å²) in [6.45, 7) is 3.54. The molecular formula is C13H15FN4O2S. The van der Waals surface area contributed by atoms with Gasteiger partial charge >= 0.3 is 5.97 Å². The number of nitrogens with zero attached hydrogens (tertiary/aromatic N) is 3. The molecule has 0 aliphatic heterocycles. The third-order valence-electron chi connectivity index (χ3n) is 2.47. The van der Waals surface area contributed by atoms with Gasteiger partial charge in [-0.3, -0.25) is 4.79 Å². The molecule has 0 saturated carbocycles. The Hall–Kier alpha value is -2.09. The maximum Gasteiger partial charge on any atom is 0.316 e. The van der Waals surface area contributed by atoms with Gasteiger partial charge in [0.1, 0.15) is 5.82 Å². The minimum Gasteiger partial charge on any atom is -0.462 e. The summed E-state index contributed by atoms with van der Waals surface area (Å²) in [6.07, 6.45) is -0.178. The van der Waals surface area contributed by atoms with Gasteiger partial charge in [-0.05, 0) is 26.0 Å². The van der Waals surface area contributed by atoms with Gasteiger partial charge < -0.3 is 10.6 Å². The van der Waals surface area contributed by atoms with Gasteiger partial charge in [0.05, 0.1) is 17.4 Å². The highest BCUT2D eigenvalue weighted by Crippen LogP contribution is 2.23. The summed E-state index contributed by atoms with van der Waals surface area (Å²) in [7, 11) is 0. The van der Waals surface area contributed by atoms with E-state index in [9.17, 15) is 9.18 Å². The van der Waals surface area contributed by atoms with Crippen molar-refractivity contribution in [3.63, 3.8) is 0 Å². The number of nitrogen functional groups attached to an aromatic ring is 1. The van der Waals surface area contributed by atoms with Crippen molar-refractivity contribution in [3.05, 3.63) is 30.1 Å². The van der Waals surface area contributed by atoms with Gasteiger partial charge in [-0.1, -0.05) is 23.9 Å². The van der Waals surface area contributed by atoms with Crippen LogP contribution in [0.3, 0.4) is 0 Å². The highest BCUT2D eigenvalue weighted by molar-refractivity contribution is 7.99. The van der Waals surface area contributed by atoms with Gasteiger partial charge in [0.2, 0.25) is 5.16 Å². The molecule has 0 spiro atoms. The van der Waals surface area contributed by atoms with Gasteiger partial charge in [0.25, 0.3) is 0 Å². The van der Waals surface area contributed by atoms with Crippen LogP contribution in [-0.2, 0) is 9.53 Å². The van der Waals surface area contributed by atoms with Crippen LogP contribution in [0.5, 0.6) is 0 Å². The van der Waals surface area contributed by atoms with Crippen LogP contribution in [0.4, 0.5) is 4.39 Å². The summed E-state index contributed by atoms with van der Waals surface area (Å²) in [4.78, 5) is 11.5. The highest BCUT2D eigenvalue weighted by atomic mass is 32.2. The third-order valence-corrected chi connectivity index (χ3v) is 3.38. The molecule has 1 heterocycles. The van der Waals surface area contributed by atoms with Crippen LogP contribution in [-0.4, -0.2) is 32.7 Å². The predicted octanol–water partition coefficient (Wildman–Crippen LogP) is 1.84. The molecule has 1 aromatic carbocycles. The molecule has 6 nitrogen and oxygen atoms in total. The Morgan fingerprint density at radius 3 is 2.81 bits per heavy atom. The first kappa shape index (κ1) is 15.3. The first-order valence-corrected chi connectivity index (χ1v) is 7.25. The fourth-order valence-electron chi connectivity index (χ4n) is 1.62. The number of hydrogen-bond donors (Lipinski definition) is 1. The van der Waals surface area contributed by atoms with Crippen LogP contribution >= 0.6 is 11.8 Å². The molecule has 0 aliphatic carbocycles. The largest absolute Gasteiger partial charge is 0.462 e. The van der Waals surface area contributed by atoms with Gasteiger partial charge in [0.15, 0.2) is 5.82 Å². The quantitative estimate of drug-likeness (QED) is 0.515. The second-order valence-corrected chi connectivity index (χ2v) is 5.43. The maximum absolute atomic E-state index is 13.7. The fourth-order valence-corrected chi connectivity index (χ4v) is 2.26. The molecule has 1 aromatic heterocycles. The number of esters is 1. The lowest BCUT2D eigenvalue weighted by molar-refractivity contribution is -0.144. The molecule has 0 radical (unpaired) electrons. The van der Waals surface area contributed by atoms with Crippen LogP contribution in [0.25, 0.3) is 11.4 Å². The first-order valence-electron chi connectivity index (χ1n) is 6.26. The van der Waals surface area contributed by atoms with Gasteiger partial charge in [0, 0.05) is 0 Å². The summed E-state index contributed by atoms with van der Waals surface area (Å²) in [5.74, 6) is 5.30. The SMILES string of the molecule is CC(C)OC(=O)CSc1nnc(-c2ccccc2F)n1N. The van der Waals surface area contributed by atoms with E-state index >= 15 is 0 Å². The zero-order valence-electron chi connectivity index (χ0n) is 11.6. The second kappa shape index (κ2) is 6.57. The predicted molar refractivity (Wildman–Crippen MR) is 77.5 cm³/mol. The van der Waals surface area contributed by atoms with Gasteiger partial charge in [-0.15, -0.1) is 10.2 Å². The summed E-state index contributed by atoms with van der Waals surface area (Å²) in [5.41, 5.74) is 0.254. The van der Waals surface area contributed by atoms with Crippen LogP contribution in [0.15, 0.2) is 29.4 Å². The molecule has 0 atom stereocenters. The molecule has 0 bridgehead atoms. The number of ether oxygens (including phenoxy) is 1. The Morgan fingerprint density at radius 2 is 2.14 bits per heavy atom. The minimum atomic E-state index is -0.438. The number of rotatable bonds is 5. The minimum absolute atomic E-state index is 0.0603. The van der Waals surface area contributed by atoms with Crippen molar-refractivity contribution >= 4 is 17.7 Å². The van der Waals surface area contributed by atoms with E-state index in [0.717, 1.165) is 16.4 Å². The zero-order chi connectivity index (χ0) is 15.4. The van der Waals surface area contributed by atoms with E-state index in [1.54, 1.807) is 32.0 Å². The van der Waals surface area contributed by atoms with Crippen LogP contribution in [0.1, 0.15) is 13.8 Å². The number of halogens is 1. The third kappa shape index (κ3) is 3.72. The zero-order valence-corrected chi connectivity index (χ0v) is 12.4. The molecule has 21 heavy (non-hydrogen) atoms. The Balaban J connectivity index is 2.11. The Labute approximate surface area is 125 Å². The van der Waals surface area contributed by atoms with E-state index < -0.39 is 5.82 Å². The lowest BCUT2D eigenvalue weighted by Gasteiger charge is -2.07. The Bertz CT molecular complexity index is 645. The van der Waals surface area contributed by atoms with E-state index in [-0.39, 0.29) is 29.2 Å². The normalized spacial score (nSPS) is 10.9.